The Morgan fingerprint density at radius 1 is 1.33 bits per heavy atom. The molecule has 2 rings (SSSR count). The van der Waals surface area contributed by atoms with Crippen molar-refractivity contribution >= 4 is 27.5 Å². The molecule has 114 valence electrons. The summed E-state index contributed by atoms with van der Waals surface area (Å²) < 4.78 is 5.53. The fourth-order valence-electron chi connectivity index (χ4n) is 2.16. The third-order valence-corrected chi connectivity index (χ3v) is 4.44. The molecule has 0 unspecified atom stereocenters. The molecule has 5 nitrogen and oxygen atoms in total. The van der Waals surface area contributed by atoms with E-state index < -0.39 is 0 Å². The van der Waals surface area contributed by atoms with Gasteiger partial charge in [-0.15, -0.1) is 11.3 Å². The first-order chi connectivity index (χ1) is 10.2. The SMILES string of the molecule is CCCCCNC(=O)c1sc2ncnc(OCC)c2c1C. The van der Waals surface area contributed by atoms with Crippen LogP contribution in [0.2, 0.25) is 0 Å². The van der Waals surface area contributed by atoms with Crippen molar-refractivity contribution in [2.75, 3.05) is 13.2 Å². The Morgan fingerprint density at radius 2 is 2.14 bits per heavy atom. The summed E-state index contributed by atoms with van der Waals surface area (Å²) in [4.78, 5) is 22.2. The van der Waals surface area contributed by atoms with E-state index in [4.69, 9.17) is 4.74 Å². The predicted octanol–water partition coefficient (Wildman–Crippen LogP) is 3.32. The molecule has 0 saturated heterocycles. The zero-order valence-electron chi connectivity index (χ0n) is 12.7. The minimum absolute atomic E-state index is 0.0333. The van der Waals surface area contributed by atoms with Gasteiger partial charge in [0.15, 0.2) is 0 Å². The van der Waals surface area contributed by atoms with Gasteiger partial charge in [-0.1, -0.05) is 19.8 Å². The lowest BCUT2D eigenvalue weighted by molar-refractivity contribution is 0.0956. The number of nitrogens with zero attached hydrogens (tertiary/aromatic N) is 2. The van der Waals surface area contributed by atoms with Gasteiger partial charge in [0.2, 0.25) is 5.88 Å². The van der Waals surface area contributed by atoms with Gasteiger partial charge in [0.05, 0.1) is 16.9 Å². The van der Waals surface area contributed by atoms with Crippen molar-refractivity contribution in [3.8, 4) is 5.88 Å². The van der Waals surface area contributed by atoms with Crippen molar-refractivity contribution in [2.45, 2.75) is 40.0 Å². The van der Waals surface area contributed by atoms with Crippen LogP contribution in [0.1, 0.15) is 48.3 Å². The van der Waals surface area contributed by atoms with Gasteiger partial charge in [0.25, 0.3) is 5.91 Å². The third-order valence-electron chi connectivity index (χ3n) is 3.25. The number of aromatic nitrogens is 2. The fraction of sp³-hybridized carbons (Fsp3) is 0.533. The summed E-state index contributed by atoms with van der Waals surface area (Å²) in [5.41, 5.74) is 0.895. The minimum Gasteiger partial charge on any atom is -0.477 e. The quantitative estimate of drug-likeness (QED) is 0.797. The van der Waals surface area contributed by atoms with Gasteiger partial charge in [-0.3, -0.25) is 4.79 Å². The number of rotatable bonds is 7. The molecule has 1 N–H and O–H groups in total. The average Bonchev–Trinajstić information content (AvgIpc) is 2.82. The van der Waals surface area contributed by atoms with Gasteiger partial charge >= 0.3 is 0 Å². The zero-order valence-corrected chi connectivity index (χ0v) is 13.5. The largest absolute Gasteiger partial charge is 0.477 e. The van der Waals surface area contributed by atoms with Gasteiger partial charge in [0.1, 0.15) is 11.2 Å². The fourth-order valence-corrected chi connectivity index (χ4v) is 3.21. The Bertz CT molecular complexity index is 625. The van der Waals surface area contributed by atoms with E-state index in [-0.39, 0.29) is 5.91 Å². The highest BCUT2D eigenvalue weighted by molar-refractivity contribution is 7.20. The van der Waals surface area contributed by atoms with Crippen LogP contribution >= 0.6 is 11.3 Å². The standard InChI is InChI=1S/C15H21N3O2S/c1-4-6-7-8-16-13(19)12-10(3)11-14(20-5-2)17-9-18-15(11)21-12/h9H,4-8H2,1-3H3,(H,16,19). The maximum absolute atomic E-state index is 12.3. The molecule has 0 spiro atoms. The number of nitrogens with one attached hydrogen (secondary N) is 1. The molecule has 1 amide bonds. The highest BCUT2D eigenvalue weighted by Crippen LogP contribution is 2.34. The van der Waals surface area contributed by atoms with Crippen molar-refractivity contribution in [3.63, 3.8) is 0 Å². The molecule has 0 bridgehead atoms. The Kier molecular flexibility index (Phi) is 5.50. The number of ether oxygens (including phenoxy) is 1. The summed E-state index contributed by atoms with van der Waals surface area (Å²) in [6.45, 7) is 7.23. The summed E-state index contributed by atoms with van der Waals surface area (Å²) in [7, 11) is 0. The molecular formula is C15H21N3O2S. The minimum atomic E-state index is -0.0333. The second kappa shape index (κ2) is 7.36. The number of hydrogen-bond acceptors (Lipinski definition) is 5. The Balaban J connectivity index is 2.22. The van der Waals surface area contributed by atoms with Crippen molar-refractivity contribution in [1.82, 2.24) is 15.3 Å². The highest BCUT2D eigenvalue weighted by Gasteiger charge is 2.19. The normalized spacial score (nSPS) is 10.8. The van der Waals surface area contributed by atoms with E-state index in [1.807, 2.05) is 13.8 Å². The number of amides is 1. The van der Waals surface area contributed by atoms with E-state index in [2.05, 4.69) is 22.2 Å². The van der Waals surface area contributed by atoms with Gasteiger partial charge in [-0.05, 0) is 25.8 Å². The first-order valence-electron chi connectivity index (χ1n) is 7.34. The second-order valence-electron chi connectivity index (χ2n) is 4.81. The van der Waals surface area contributed by atoms with E-state index >= 15 is 0 Å². The van der Waals surface area contributed by atoms with E-state index in [1.54, 1.807) is 0 Å². The summed E-state index contributed by atoms with van der Waals surface area (Å²) in [5, 5.41) is 3.82. The number of fused-ring (bicyclic) bond motifs is 1. The summed E-state index contributed by atoms with van der Waals surface area (Å²) in [6.07, 6.45) is 4.76. The first-order valence-corrected chi connectivity index (χ1v) is 8.15. The molecule has 2 aromatic heterocycles. The van der Waals surface area contributed by atoms with Gasteiger partial charge in [-0.2, -0.15) is 0 Å². The van der Waals surface area contributed by atoms with Crippen LogP contribution < -0.4 is 10.1 Å². The lowest BCUT2D eigenvalue weighted by atomic mass is 10.2. The Labute approximate surface area is 128 Å². The van der Waals surface area contributed by atoms with Crippen LogP contribution in [-0.2, 0) is 0 Å². The number of carbonyl (C=O) groups excluding carboxylic acids is 1. The lowest BCUT2D eigenvalue weighted by Gasteiger charge is -2.04. The number of carbonyl (C=O) groups is 1. The van der Waals surface area contributed by atoms with Crippen LogP contribution in [-0.4, -0.2) is 29.0 Å². The molecule has 0 aliphatic rings. The average molecular weight is 307 g/mol. The highest BCUT2D eigenvalue weighted by atomic mass is 32.1. The molecular weight excluding hydrogens is 286 g/mol. The number of unbranched alkanes of at least 4 members (excludes halogenated alkanes) is 2. The first kappa shape index (κ1) is 15.7. The van der Waals surface area contributed by atoms with Crippen LogP contribution in [0, 0.1) is 6.92 Å². The molecule has 2 aromatic rings. The van der Waals surface area contributed by atoms with Crippen LogP contribution in [0.15, 0.2) is 6.33 Å². The third kappa shape index (κ3) is 3.50. The summed E-state index contributed by atoms with van der Waals surface area (Å²) in [6, 6.07) is 0. The number of aryl methyl sites for hydroxylation is 1. The monoisotopic (exact) mass is 307 g/mol. The molecule has 21 heavy (non-hydrogen) atoms. The van der Waals surface area contributed by atoms with Gasteiger partial charge < -0.3 is 10.1 Å². The maximum Gasteiger partial charge on any atom is 0.261 e. The van der Waals surface area contributed by atoms with E-state index in [9.17, 15) is 4.79 Å². The molecule has 6 heteroatoms. The molecule has 0 aliphatic heterocycles. The van der Waals surface area contributed by atoms with Gasteiger partial charge in [0, 0.05) is 6.54 Å². The molecule has 0 aromatic carbocycles. The molecule has 0 saturated carbocycles. The Morgan fingerprint density at radius 3 is 2.86 bits per heavy atom. The molecule has 0 radical (unpaired) electrons. The summed E-state index contributed by atoms with van der Waals surface area (Å²) in [5.74, 6) is 0.523. The molecule has 0 atom stereocenters. The summed E-state index contributed by atoms with van der Waals surface area (Å²) >= 11 is 1.39. The van der Waals surface area contributed by atoms with Crippen molar-refractivity contribution in [3.05, 3.63) is 16.8 Å². The zero-order chi connectivity index (χ0) is 15.2. The molecule has 0 fully saturated rings. The second-order valence-corrected chi connectivity index (χ2v) is 5.81. The lowest BCUT2D eigenvalue weighted by Crippen LogP contribution is -2.24. The van der Waals surface area contributed by atoms with Gasteiger partial charge in [-0.25, -0.2) is 9.97 Å². The van der Waals surface area contributed by atoms with Crippen molar-refractivity contribution < 1.29 is 9.53 Å². The molecule has 2 heterocycles. The van der Waals surface area contributed by atoms with Crippen molar-refractivity contribution in [1.29, 1.82) is 0 Å². The van der Waals surface area contributed by atoms with E-state index in [0.717, 1.165) is 35.0 Å². The maximum atomic E-state index is 12.3. The number of thiophene rings is 1. The van der Waals surface area contributed by atoms with Crippen molar-refractivity contribution in [2.24, 2.45) is 0 Å². The van der Waals surface area contributed by atoms with Crippen LogP contribution in [0.25, 0.3) is 10.2 Å². The topological polar surface area (TPSA) is 64.1 Å². The predicted molar refractivity (Wildman–Crippen MR) is 85.2 cm³/mol. The Hall–Kier alpha value is -1.69. The molecule has 0 aliphatic carbocycles. The van der Waals surface area contributed by atoms with E-state index in [0.29, 0.717) is 23.9 Å². The van der Waals surface area contributed by atoms with Crippen LogP contribution in [0.3, 0.4) is 0 Å². The smallest absolute Gasteiger partial charge is 0.261 e. The van der Waals surface area contributed by atoms with E-state index in [1.165, 1.54) is 17.7 Å². The number of hydrogen-bond donors (Lipinski definition) is 1. The van der Waals surface area contributed by atoms with Crippen LogP contribution in [0.5, 0.6) is 5.88 Å². The van der Waals surface area contributed by atoms with Crippen LogP contribution in [0.4, 0.5) is 0 Å².